The Morgan fingerprint density at radius 1 is 1.54 bits per heavy atom. The molecule has 0 unspecified atom stereocenters. The van der Waals surface area contributed by atoms with Gasteiger partial charge >= 0.3 is 0 Å². The van der Waals surface area contributed by atoms with Crippen molar-refractivity contribution in [3.05, 3.63) is 33.3 Å². The fourth-order valence-corrected chi connectivity index (χ4v) is 3.38. The maximum Gasteiger partial charge on any atom is 0.0894 e. The number of hydrogen-bond acceptors (Lipinski definition) is 2. The number of aryl methyl sites for hydroxylation is 1. The second-order valence-electron chi connectivity index (χ2n) is 3.29. The van der Waals surface area contributed by atoms with Gasteiger partial charge in [-0.2, -0.15) is 11.8 Å². The molecule has 0 amide bonds. The monoisotopic (exact) mass is 258 g/mol. The minimum atomic E-state index is -0.303. The molecule has 1 aromatic carbocycles. The normalized spacial score (nSPS) is 21.3. The highest BCUT2D eigenvalue weighted by molar-refractivity contribution is 9.10. The van der Waals surface area contributed by atoms with Crippen LogP contribution in [0.25, 0.3) is 0 Å². The van der Waals surface area contributed by atoms with Gasteiger partial charge in [0.15, 0.2) is 0 Å². The molecule has 2 rings (SSSR count). The van der Waals surface area contributed by atoms with Gasteiger partial charge in [-0.3, -0.25) is 0 Å². The third-order valence-corrected chi connectivity index (χ3v) is 4.13. The maximum atomic E-state index is 9.82. The van der Waals surface area contributed by atoms with Crippen LogP contribution in [-0.2, 0) is 5.75 Å². The summed E-state index contributed by atoms with van der Waals surface area (Å²) in [7, 11) is 0. The molecular weight excluding hydrogens is 248 g/mol. The summed E-state index contributed by atoms with van der Waals surface area (Å²) in [6.07, 6.45) is -0.303. The summed E-state index contributed by atoms with van der Waals surface area (Å²) < 4.78 is 1.04. The molecule has 1 nitrogen and oxygen atoms in total. The number of benzene rings is 1. The average Bonchev–Trinajstić information content (AvgIpc) is 2.12. The number of rotatable bonds is 0. The van der Waals surface area contributed by atoms with Crippen LogP contribution in [-0.4, -0.2) is 10.9 Å². The highest BCUT2D eigenvalue weighted by Gasteiger charge is 2.21. The summed E-state index contributed by atoms with van der Waals surface area (Å²) in [4.78, 5) is 0. The summed E-state index contributed by atoms with van der Waals surface area (Å²) in [6.45, 7) is 2.10. The molecule has 1 N–H and O–H groups in total. The lowest BCUT2D eigenvalue weighted by molar-refractivity contribution is 0.201. The molecule has 0 bridgehead atoms. The zero-order chi connectivity index (χ0) is 9.42. The van der Waals surface area contributed by atoms with Gasteiger partial charge in [-0.25, -0.2) is 0 Å². The molecule has 1 atom stereocenters. The summed E-state index contributed by atoms with van der Waals surface area (Å²) in [5.41, 5.74) is 3.68. The van der Waals surface area contributed by atoms with Crippen LogP contribution < -0.4 is 0 Å². The summed E-state index contributed by atoms with van der Waals surface area (Å²) in [5.74, 6) is 1.84. The van der Waals surface area contributed by atoms with Crippen LogP contribution in [0.5, 0.6) is 0 Å². The van der Waals surface area contributed by atoms with E-state index < -0.39 is 0 Å². The van der Waals surface area contributed by atoms with Gasteiger partial charge in [0.25, 0.3) is 0 Å². The second kappa shape index (κ2) is 3.64. The predicted octanol–water partition coefficient (Wildman–Crippen LogP) is 3.04. The van der Waals surface area contributed by atoms with Crippen LogP contribution in [0.4, 0.5) is 0 Å². The van der Waals surface area contributed by atoms with Gasteiger partial charge in [0.2, 0.25) is 0 Å². The van der Waals surface area contributed by atoms with Gasteiger partial charge in [0.1, 0.15) is 0 Å². The molecule has 0 saturated heterocycles. The molecule has 13 heavy (non-hydrogen) atoms. The summed E-state index contributed by atoms with van der Waals surface area (Å²) in [5, 5.41) is 9.82. The molecule has 1 aliphatic heterocycles. The van der Waals surface area contributed by atoms with Crippen molar-refractivity contribution in [1.29, 1.82) is 0 Å². The minimum absolute atomic E-state index is 0.303. The van der Waals surface area contributed by atoms with Crippen LogP contribution in [0.15, 0.2) is 16.6 Å². The Balaban J connectivity index is 2.60. The topological polar surface area (TPSA) is 20.2 Å². The number of hydrogen-bond donors (Lipinski definition) is 1. The van der Waals surface area contributed by atoms with Crippen LogP contribution in [0, 0.1) is 6.92 Å². The second-order valence-corrected chi connectivity index (χ2v) is 5.17. The fraction of sp³-hybridized carbons (Fsp3) is 0.400. The fourth-order valence-electron chi connectivity index (χ4n) is 1.65. The van der Waals surface area contributed by atoms with Crippen molar-refractivity contribution in [2.24, 2.45) is 0 Å². The molecule has 0 saturated carbocycles. The van der Waals surface area contributed by atoms with E-state index in [9.17, 15) is 5.11 Å². The van der Waals surface area contributed by atoms with E-state index in [1.54, 1.807) is 11.8 Å². The van der Waals surface area contributed by atoms with Crippen molar-refractivity contribution in [3.63, 3.8) is 0 Å². The first-order chi connectivity index (χ1) is 6.20. The van der Waals surface area contributed by atoms with Crippen LogP contribution >= 0.6 is 27.7 Å². The average molecular weight is 259 g/mol. The van der Waals surface area contributed by atoms with Crippen molar-refractivity contribution in [3.8, 4) is 0 Å². The van der Waals surface area contributed by atoms with Gasteiger partial charge < -0.3 is 5.11 Å². The first-order valence-electron chi connectivity index (χ1n) is 4.24. The number of aliphatic hydroxyl groups excluding tert-OH is 1. The molecular formula is C10H11BrOS. The minimum Gasteiger partial charge on any atom is -0.387 e. The van der Waals surface area contributed by atoms with Crippen molar-refractivity contribution < 1.29 is 5.11 Å². The van der Waals surface area contributed by atoms with Gasteiger partial charge in [0.05, 0.1) is 6.10 Å². The Morgan fingerprint density at radius 2 is 2.31 bits per heavy atom. The summed E-state index contributed by atoms with van der Waals surface area (Å²) >= 11 is 5.29. The predicted molar refractivity (Wildman–Crippen MR) is 60.0 cm³/mol. The van der Waals surface area contributed by atoms with Crippen molar-refractivity contribution >= 4 is 27.7 Å². The Hall–Kier alpha value is 0.01000. The first kappa shape index (κ1) is 9.56. The third kappa shape index (κ3) is 1.65. The number of halogens is 1. The van der Waals surface area contributed by atoms with Crippen LogP contribution in [0.3, 0.4) is 0 Å². The maximum absolute atomic E-state index is 9.82. The SMILES string of the molecule is Cc1ccc(Br)c2c1CSC[C@@H]2O. The van der Waals surface area contributed by atoms with Crippen LogP contribution in [0.2, 0.25) is 0 Å². The largest absolute Gasteiger partial charge is 0.387 e. The lowest BCUT2D eigenvalue weighted by Gasteiger charge is -2.23. The Bertz CT molecular complexity index is 338. The zero-order valence-corrected chi connectivity index (χ0v) is 9.78. The standard InChI is InChI=1S/C10H11BrOS/c1-6-2-3-8(11)10-7(6)4-13-5-9(10)12/h2-3,9,12H,4-5H2,1H3/t9-/m0/s1. The number of aliphatic hydroxyl groups is 1. The quantitative estimate of drug-likeness (QED) is 0.772. The lowest BCUT2D eigenvalue weighted by atomic mass is 9.99. The van der Waals surface area contributed by atoms with E-state index in [-0.39, 0.29) is 6.10 Å². The molecule has 0 radical (unpaired) electrons. The number of fused-ring (bicyclic) bond motifs is 1. The zero-order valence-electron chi connectivity index (χ0n) is 7.38. The first-order valence-corrected chi connectivity index (χ1v) is 6.18. The highest BCUT2D eigenvalue weighted by Crippen LogP contribution is 2.37. The van der Waals surface area contributed by atoms with Crippen LogP contribution in [0.1, 0.15) is 22.8 Å². The molecule has 1 heterocycles. The van der Waals surface area contributed by atoms with Crippen molar-refractivity contribution in [1.82, 2.24) is 0 Å². The Kier molecular flexibility index (Phi) is 2.67. The highest BCUT2D eigenvalue weighted by atomic mass is 79.9. The van der Waals surface area contributed by atoms with Crippen molar-refractivity contribution in [2.45, 2.75) is 18.8 Å². The molecule has 70 valence electrons. The van der Waals surface area contributed by atoms with E-state index in [1.807, 2.05) is 6.07 Å². The smallest absolute Gasteiger partial charge is 0.0894 e. The van der Waals surface area contributed by atoms with E-state index in [1.165, 1.54) is 11.1 Å². The van der Waals surface area contributed by atoms with E-state index >= 15 is 0 Å². The molecule has 0 aliphatic carbocycles. The molecule has 0 fully saturated rings. The van der Waals surface area contributed by atoms with Gasteiger partial charge in [-0.15, -0.1) is 0 Å². The molecule has 0 aromatic heterocycles. The molecule has 1 aromatic rings. The van der Waals surface area contributed by atoms with E-state index in [2.05, 4.69) is 28.9 Å². The third-order valence-electron chi connectivity index (χ3n) is 2.39. The molecule has 3 heteroatoms. The van der Waals surface area contributed by atoms with E-state index in [0.717, 1.165) is 21.5 Å². The summed E-state index contributed by atoms with van der Waals surface area (Å²) in [6, 6.07) is 4.12. The molecule has 1 aliphatic rings. The Labute approximate surface area is 90.7 Å². The van der Waals surface area contributed by atoms with E-state index in [0.29, 0.717) is 0 Å². The van der Waals surface area contributed by atoms with Crippen molar-refractivity contribution in [2.75, 3.05) is 5.75 Å². The lowest BCUT2D eigenvalue weighted by Crippen LogP contribution is -2.11. The van der Waals surface area contributed by atoms with Gasteiger partial charge in [0, 0.05) is 16.0 Å². The van der Waals surface area contributed by atoms with E-state index in [4.69, 9.17) is 0 Å². The van der Waals surface area contributed by atoms with Gasteiger partial charge in [-0.05, 0) is 29.7 Å². The number of thioether (sulfide) groups is 1. The Morgan fingerprint density at radius 3 is 3.00 bits per heavy atom. The molecule has 0 spiro atoms. The van der Waals surface area contributed by atoms with Gasteiger partial charge in [-0.1, -0.05) is 22.0 Å².